The third-order valence-electron chi connectivity index (χ3n) is 4.28. The van der Waals surface area contributed by atoms with Gasteiger partial charge in [0.25, 0.3) is 5.91 Å². The Balaban J connectivity index is 1.94. The van der Waals surface area contributed by atoms with Crippen molar-refractivity contribution in [1.29, 1.82) is 0 Å². The SMILES string of the molecule is CC1Cc2cccc3c(=O)c(C(=O)NC4CC4)cn1c23. The van der Waals surface area contributed by atoms with Gasteiger partial charge in [-0.3, -0.25) is 9.59 Å². The molecule has 2 aromatic rings. The number of nitrogens with one attached hydrogen (secondary N) is 1. The number of carbonyl (C=O) groups is 1. The van der Waals surface area contributed by atoms with Crippen molar-refractivity contribution < 1.29 is 4.79 Å². The van der Waals surface area contributed by atoms with Crippen LogP contribution in [0.5, 0.6) is 0 Å². The molecule has 1 fully saturated rings. The summed E-state index contributed by atoms with van der Waals surface area (Å²) >= 11 is 0. The van der Waals surface area contributed by atoms with Crippen LogP contribution in [0.15, 0.2) is 29.2 Å². The van der Waals surface area contributed by atoms with Gasteiger partial charge in [0.15, 0.2) is 0 Å². The van der Waals surface area contributed by atoms with Crippen molar-refractivity contribution in [3.63, 3.8) is 0 Å². The number of para-hydroxylation sites is 1. The second-order valence-corrected chi connectivity index (χ2v) is 5.89. The molecule has 1 amide bonds. The Morgan fingerprint density at radius 2 is 2.15 bits per heavy atom. The minimum Gasteiger partial charge on any atom is -0.349 e. The van der Waals surface area contributed by atoms with E-state index >= 15 is 0 Å². The molecule has 0 spiro atoms. The normalized spacial score (nSPS) is 20.4. The van der Waals surface area contributed by atoms with Crippen molar-refractivity contribution in [2.45, 2.75) is 38.3 Å². The van der Waals surface area contributed by atoms with Crippen molar-refractivity contribution in [3.05, 3.63) is 45.7 Å². The fraction of sp³-hybridized carbons (Fsp3) is 0.375. The minimum absolute atomic E-state index is 0.148. The molecule has 1 saturated carbocycles. The van der Waals surface area contributed by atoms with Crippen molar-refractivity contribution in [2.75, 3.05) is 0 Å². The van der Waals surface area contributed by atoms with E-state index in [1.54, 1.807) is 6.20 Å². The van der Waals surface area contributed by atoms with Gasteiger partial charge in [0.05, 0.1) is 5.52 Å². The predicted molar refractivity (Wildman–Crippen MR) is 77.1 cm³/mol. The number of aromatic nitrogens is 1. The van der Waals surface area contributed by atoms with Gasteiger partial charge in [0.2, 0.25) is 5.43 Å². The second kappa shape index (κ2) is 3.95. The van der Waals surface area contributed by atoms with Crippen LogP contribution in [0.1, 0.15) is 41.7 Å². The van der Waals surface area contributed by atoms with Gasteiger partial charge < -0.3 is 9.88 Å². The molecule has 20 heavy (non-hydrogen) atoms. The number of rotatable bonds is 2. The average Bonchev–Trinajstić information content (AvgIpc) is 3.17. The van der Waals surface area contributed by atoms with Crippen LogP contribution in [0.25, 0.3) is 10.9 Å². The van der Waals surface area contributed by atoms with Crippen molar-refractivity contribution in [2.24, 2.45) is 0 Å². The first-order valence-corrected chi connectivity index (χ1v) is 7.13. The van der Waals surface area contributed by atoms with E-state index in [2.05, 4.69) is 22.9 Å². The summed E-state index contributed by atoms with van der Waals surface area (Å²) in [6.07, 6.45) is 4.70. The Labute approximate surface area is 116 Å². The zero-order valence-corrected chi connectivity index (χ0v) is 11.3. The van der Waals surface area contributed by atoms with Crippen molar-refractivity contribution in [1.82, 2.24) is 9.88 Å². The van der Waals surface area contributed by atoms with Gasteiger partial charge >= 0.3 is 0 Å². The zero-order valence-electron chi connectivity index (χ0n) is 11.3. The lowest BCUT2D eigenvalue weighted by Gasteiger charge is -2.12. The molecule has 1 aliphatic heterocycles. The maximum atomic E-state index is 12.5. The molecule has 4 heteroatoms. The first-order valence-electron chi connectivity index (χ1n) is 7.13. The Kier molecular flexibility index (Phi) is 2.31. The van der Waals surface area contributed by atoms with Crippen LogP contribution >= 0.6 is 0 Å². The molecule has 1 N–H and O–H groups in total. The standard InChI is InChI=1S/C16H16N2O2/c1-9-7-10-3-2-4-12-14(10)18(9)8-13(15(12)19)16(20)17-11-5-6-11/h2-4,8-9,11H,5-7H2,1H3,(H,17,20). The lowest BCUT2D eigenvalue weighted by Crippen LogP contribution is -2.31. The van der Waals surface area contributed by atoms with E-state index in [-0.39, 0.29) is 22.9 Å². The highest BCUT2D eigenvalue weighted by molar-refractivity contribution is 5.98. The van der Waals surface area contributed by atoms with Crippen LogP contribution in [0.4, 0.5) is 0 Å². The summed E-state index contributed by atoms with van der Waals surface area (Å²) in [4.78, 5) is 24.8. The quantitative estimate of drug-likeness (QED) is 0.905. The number of nitrogens with zero attached hydrogens (tertiary/aromatic N) is 1. The average molecular weight is 268 g/mol. The number of hydrogen-bond acceptors (Lipinski definition) is 2. The predicted octanol–water partition coefficient (Wildman–Crippen LogP) is 2.01. The first-order chi connectivity index (χ1) is 9.65. The molecule has 0 saturated heterocycles. The monoisotopic (exact) mass is 268 g/mol. The van der Waals surface area contributed by atoms with Gasteiger partial charge in [0, 0.05) is 23.7 Å². The van der Waals surface area contributed by atoms with Crippen LogP contribution in [0.2, 0.25) is 0 Å². The first kappa shape index (κ1) is 11.7. The number of hydrogen-bond donors (Lipinski definition) is 1. The lowest BCUT2D eigenvalue weighted by atomic mass is 10.1. The van der Waals surface area contributed by atoms with E-state index in [0.29, 0.717) is 11.4 Å². The molecule has 0 radical (unpaired) electrons. The molecule has 0 bridgehead atoms. The number of pyridine rings is 1. The van der Waals surface area contributed by atoms with Gasteiger partial charge in [-0.25, -0.2) is 0 Å². The molecule has 1 unspecified atom stereocenters. The van der Waals surface area contributed by atoms with E-state index in [0.717, 1.165) is 24.8 Å². The molecule has 1 aromatic heterocycles. The van der Waals surface area contributed by atoms with Crippen LogP contribution in [-0.2, 0) is 6.42 Å². The summed E-state index contributed by atoms with van der Waals surface area (Å²) in [7, 11) is 0. The fourth-order valence-corrected chi connectivity index (χ4v) is 3.07. The number of amides is 1. The summed E-state index contributed by atoms with van der Waals surface area (Å²) in [5, 5.41) is 3.57. The van der Waals surface area contributed by atoms with Gasteiger partial charge in [-0.15, -0.1) is 0 Å². The summed E-state index contributed by atoms with van der Waals surface area (Å²) in [6, 6.07) is 6.35. The van der Waals surface area contributed by atoms with E-state index in [1.807, 2.05) is 12.1 Å². The zero-order chi connectivity index (χ0) is 13.9. The molecule has 102 valence electrons. The Morgan fingerprint density at radius 1 is 1.35 bits per heavy atom. The van der Waals surface area contributed by atoms with Crippen LogP contribution < -0.4 is 10.7 Å². The Bertz CT molecular complexity index is 787. The highest BCUT2D eigenvalue weighted by Crippen LogP contribution is 2.31. The Hall–Kier alpha value is -2.10. The summed E-state index contributed by atoms with van der Waals surface area (Å²) in [5.74, 6) is -0.229. The molecule has 2 aliphatic rings. The van der Waals surface area contributed by atoms with Gasteiger partial charge in [0.1, 0.15) is 5.56 Å². The largest absolute Gasteiger partial charge is 0.349 e. The van der Waals surface area contributed by atoms with Crippen LogP contribution in [0.3, 0.4) is 0 Å². The highest BCUT2D eigenvalue weighted by atomic mass is 16.2. The molecule has 2 heterocycles. The maximum Gasteiger partial charge on any atom is 0.256 e. The molecule has 1 aliphatic carbocycles. The topological polar surface area (TPSA) is 51.1 Å². The summed E-state index contributed by atoms with van der Waals surface area (Å²) in [5.41, 5.74) is 2.31. The molecule has 1 aromatic carbocycles. The fourth-order valence-electron chi connectivity index (χ4n) is 3.07. The molecule has 1 atom stereocenters. The van der Waals surface area contributed by atoms with E-state index in [1.165, 1.54) is 5.56 Å². The van der Waals surface area contributed by atoms with Crippen molar-refractivity contribution >= 4 is 16.8 Å². The van der Waals surface area contributed by atoms with Gasteiger partial charge in [-0.2, -0.15) is 0 Å². The van der Waals surface area contributed by atoms with E-state index in [4.69, 9.17) is 0 Å². The summed E-state index contributed by atoms with van der Waals surface area (Å²) in [6.45, 7) is 2.12. The van der Waals surface area contributed by atoms with Crippen LogP contribution in [-0.4, -0.2) is 16.5 Å². The van der Waals surface area contributed by atoms with Crippen LogP contribution in [0, 0.1) is 0 Å². The van der Waals surface area contributed by atoms with E-state index in [9.17, 15) is 9.59 Å². The highest BCUT2D eigenvalue weighted by Gasteiger charge is 2.28. The smallest absolute Gasteiger partial charge is 0.256 e. The van der Waals surface area contributed by atoms with Gasteiger partial charge in [-0.1, -0.05) is 12.1 Å². The Morgan fingerprint density at radius 3 is 2.90 bits per heavy atom. The molecule has 4 rings (SSSR count). The van der Waals surface area contributed by atoms with Crippen molar-refractivity contribution in [3.8, 4) is 0 Å². The van der Waals surface area contributed by atoms with Gasteiger partial charge in [-0.05, 0) is 37.8 Å². The lowest BCUT2D eigenvalue weighted by molar-refractivity contribution is 0.0949. The molecular weight excluding hydrogens is 252 g/mol. The third-order valence-corrected chi connectivity index (χ3v) is 4.28. The summed E-state index contributed by atoms with van der Waals surface area (Å²) < 4.78 is 2.08. The number of carbonyl (C=O) groups excluding carboxylic acids is 1. The van der Waals surface area contributed by atoms with E-state index < -0.39 is 0 Å². The minimum atomic E-state index is -0.229. The molecule has 4 nitrogen and oxygen atoms in total. The maximum absolute atomic E-state index is 12.5. The number of benzene rings is 1. The molecular formula is C16H16N2O2. The third kappa shape index (κ3) is 1.60. The second-order valence-electron chi connectivity index (χ2n) is 5.89.